The molecule has 1 aromatic heterocycles. The van der Waals surface area contributed by atoms with Crippen LogP contribution < -0.4 is 5.32 Å². The molecule has 0 radical (unpaired) electrons. The van der Waals surface area contributed by atoms with Crippen LogP contribution >= 0.6 is 22.9 Å². The van der Waals surface area contributed by atoms with Crippen LogP contribution in [-0.4, -0.2) is 83.3 Å². The quantitative estimate of drug-likeness (QED) is 0.267. The molecule has 12 heteroatoms. The zero-order valence-corrected chi connectivity index (χ0v) is 27.0. The van der Waals surface area contributed by atoms with E-state index in [1.165, 1.54) is 17.4 Å². The molecule has 1 aliphatic carbocycles. The summed E-state index contributed by atoms with van der Waals surface area (Å²) in [6.45, 7) is 1.99. The van der Waals surface area contributed by atoms with E-state index >= 15 is 4.39 Å². The van der Waals surface area contributed by atoms with Crippen LogP contribution in [0.4, 0.5) is 14.5 Å². The van der Waals surface area contributed by atoms with Crippen molar-refractivity contribution in [3.05, 3.63) is 63.7 Å². The summed E-state index contributed by atoms with van der Waals surface area (Å²) in [6.07, 6.45) is 2.94. The molecule has 0 unspecified atom stereocenters. The van der Waals surface area contributed by atoms with Crippen molar-refractivity contribution in [1.29, 1.82) is 0 Å². The van der Waals surface area contributed by atoms with Gasteiger partial charge in [0.15, 0.2) is 0 Å². The van der Waals surface area contributed by atoms with Crippen molar-refractivity contribution in [2.75, 3.05) is 31.6 Å². The number of aliphatic carboxylic acids is 1. The SMILES string of the molecule is O=C(Nc1cc(F)c(CC(=O)N2C[C@@H](N3CCC(F)CC3)C[C@H]2CO[C@H]2CC[C@H](C(=O)O)CC2)cc1Cl)c1csc2ccccc12. The number of nitrogens with zero attached hydrogens (tertiary/aromatic N) is 2. The lowest BCUT2D eigenvalue weighted by atomic mass is 9.87. The smallest absolute Gasteiger partial charge is 0.306 e. The third-order valence-electron chi connectivity index (χ3n) is 9.69. The van der Waals surface area contributed by atoms with Gasteiger partial charge in [-0.25, -0.2) is 8.78 Å². The predicted octanol–water partition coefficient (Wildman–Crippen LogP) is 6.55. The second-order valence-corrected chi connectivity index (χ2v) is 14.0. The normalized spacial score (nSPS) is 24.4. The van der Waals surface area contributed by atoms with Gasteiger partial charge in [-0.05, 0) is 68.7 Å². The summed E-state index contributed by atoms with van der Waals surface area (Å²) < 4.78 is 36.5. The third-order valence-corrected chi connectivity index (χ3v) is 11.0. The molecule has 3 heterocycles. The van der Waals surface area contributed by atoms with Gasteiger partial charge in [-0.2, -0.15) is 0 Å². The second kappa shape index (κ2) is 14.3. The highest BCUT2D eigenvalue weighted by Gasteiger charge is 2.40. The monoisotopic (exact) mass is 673 g/mol. The van der Waals surface area contributed by atoms with E-state index in [2.05, 4.69) is 10.2 Å². The number of likely N-dealkylation sites (tertiary alicyclic amines) is 2. The maximum absolute atomic E-state index is 15.4. The first-order chi connectivity index (χ1) is 22.2. The minimum atomic E-state index is -0.805. The molecule has 1 saturated carbocycles. The summed E-state index contributed by atoms with van der Waals surface area (Å²) >= 11 is 7.94. The van der Waals surface area contributed by atoms with Crippen LogP contribution in [0.1, 0.15) is 60.9 Å². The largest absolute Gasteiger partial charge is 0.481 e. The molecule has 6 rings (SSSR count). The van der Waals surface area contributed by atoms with E-state index < -0.39 is 23.9 Å². The number of amides is 2. The number of hydrogen-bond donors (Lipinski definition) is 2. The van der Waals surface area contributed by atoms with Crippen LogP contribution in [0, 0.1) is 11.7 Å². The van der Waals surface area contributed by atoms with Crippen LogP contribution in [0.15, 0.2) is 41.8 Å². The number of benzene rings is 2. The maximum atomic E-state index is 15.4. The molecule has 2 saturated heterocycles. The lowest BCUT2D eigenvalue weighted by molar-refractivity contribution is -0.144. The predicted molar refractivity (Wildman–Crippen MR) is 174 cm³/mol. The van der Waals surface area contributed by atoms with Gasteiger partial charge in [0, 0.05) is 41.1 Å². The Kier molecular flexibility index (Phi) is 10.2. The van der Waals surface area contributed by atoms with E-state index in [0.29, 0.717) is 76.8 Å². The van der Waals surface area contributed by atoms with Gasteiger partial charge in [-0.1, -0.05) is 29.8 Å². The minimum Gasteiger partial charge on any atom is -0.481 e. The number of nitrogens with one attached hydrogen (secondary N) is 1. The number of thiophene rings is 1. The van der Waals surface area contributed by atoms with Gasteiger partial charge in [0.05, 0.1) is 47.4 Å². The Hall–Kier alpha value is -3.12. The Morgan fingerprint density at radius 3 is 2.54 bits per heavy atom. The Bertz CT molecular complexity index is 1590. The van der Waals surface area contributed by atoms with E-state index in [1.807, 2.05) is 24.3 Å². The van der Waals surface area contributed by atoms with Gasteiger partial charge < -0.3 is 20.1 Å². The molecule has 8 nitrogen and oxygen atoms in total. The van der Waals surface area contributed by atoms with Crippen LogP contribution in [0.2, 0.25) is 5.02 Å². The summed E-state index contributed by atoms with van der Waals surface area (Å²) in [4.78, 5) is 42.1. The number of carboxylic acids is 1. The van der Waals surface area contributed by atoms with Crippen molar-refractivity contribution in [3.63, 3.8) is 0 Å². The van der Waals surface area contributed by atoms with Gasteiger partial charge >= 0.3 is 5.97 Å². The number of carbonyl (C=O) groups excluding carboxylic acids is 2. The molecule has 246 valence electrons. The van der Waals surface area contributed by atoms with E-state index in [0.717, 1.165) is 16.2 Å². The first-order valence-electron chi connectivity index (χ1n) is 15.9. The number of halogens is 3. The zero-order valence-electron chi connectivity index (χ0n) is 25.4. The molecular weight excluding hydrogens is 636 g/mol. The summed E-state index contributed by atoms with van der Waals surface area (Å²) in [5, 5.41) is 14.7. The third kappa shape index (κ3) is 7.38. The van der Waals surface area contributed by atoms with Gasteiger partial charge in [-0.3, -0.25) is 19.3 Å². The molecule has 2 aliphatic heterocycles. The molecule has 0 spiro atoms. The molecule has 3 aliphatic rings. The summed E-state index contributed by atoms with van der Waals surface area (Å²) in [5.74, 6) is -2.43. The molecule has 2 N–H and O–H groups in total. The van der Waals surface area contributed by atoms with Crippen LogP contribution in [-0.2, 0) is 20.7 Å². The number of piperidine rings is 1. The summed E-state index contributed by atoms with van der Waals surface area (Å²) in [7, 11) is 0. The number of ether oxygens (including phenoxy) is 1. The highest BCUT2D eigenvalue weighted by molar-refractivity contribution is 7.17. The Morgan fingerprint density at radius 2 is 1.80 bits per heavy atom. The number of carboxylic acid groups (broad SMARTS) is 1. The topological polar surface area (TPSA) is 99.2 Å². The van der Waals surface area contributed by atoms with Gasteiger partial charge in [0.25, 0.3) is 5.91 Å². The first-order valence-corrected chi connectivity index (χ1v) is 17.2. The fourth-order valence-electron chi connectivity index (χ4n) is 7.00. The van der Waals surface area contributed by atoms with E-state index in [1.54, 1.807) is 10.3 Å². The van der Waals surface area contributed by atoms with Gasteiger partial charge in [0.1, 0.15) is 12.0 Å². The van der Waals surface area contributed by atoms with E-state index in [4.69, 9.17) is 16.3 Å². The lowest BCUT2D eigenvalue weighted by Crippen LogP contribution is -2.44. The van der Waals surface area contributed by atoms with Crippen molar-refractivity contribution < 1.29 is 33.0 Å². The zero-order chi connectivity index (χ0) is 32.4. The van der Waals surface area contributed by atoms with Crippen LogP contribution in [0.3, 0.4) is 0 Å². The van der Waals surface area contributed by atoms with E-state index in [9.17, 15) is 23.9 Å². The Labute approximate surface area is 275 Å². The fraction of sp³-hybridized carbons (Fsp3) is 0.500. The number of rotatable bonds is 9. The van der Waals surface area contributed by atoms with Gasteiger partial charge in [-0.15, -0.1) is 11.3 Å². The van der Waals surface area contributed by atoms with Crippen molar-refractivity contribution in [2.24, 2.45) is 5.92 Å². The van der Waals surface area contributed by atoms with Crippen LogP contribution in [0.5, 0.6) is 0 Å². The van der Waals surface area contributed by atoms with Crippen molar-refractivity contribution in [1.82, 2.24) is 9.80 Å². The van der Waals surface area contributed by atoms with Crippen molar-refractivity contribution in [3.8, 4) is 0 Å². The number of alkyl halides is 1. The molecular formula is C34H38ClF2N3O5S. The van der Waals surface area contributed by atoms with E-state index in [-0.39, 0.29) is 52.7 Å². The van der Waals surface area contributed by atoms with Crippen LogP contribution in [0.25, 0.3) is 10.1 Å². The lowest BCUT2D eigenvalue weighted by Gasteiger charge is -2.33. The maximum Gasteiger partial charge on any atom is 0.306 e. The molecule has 2 amide bonds. The molecule has 46 heavy (non-hydrogen) atoms. The number of anilines is 1. The van der Waals surface area contributed by atoms with Crippen molar-refractivity contribution >= 4 is 56.5 Å². The fourth-order valence-corrected chi connectivity index (χ4v) is 8.18. The molecule has 0 bridgehead atoms. The molecule has 2 atom stereocenters. The molecule has 2 aromatic carbocycles. The Morgan fingerprint density at radius 1 is 1.07 bits per heavy atom. The highest BCUT2D eigenvalue weighted by Crippen LogP contribution is 2.32. The first kappa shape index (κ1) is 32.8. The summed E-state index contributed by atoms with van der Waals surface area (Å²) in [5.41, 5.74) is 0.721. The highest BCUT2D eigenvalue weighted by atomic mass is 35.5. The summed E-state index contributed by atoms with van der Waals surface area (Å²) in [6, 6.07) is 9.87. The average molecular weight is 674 g/mol. The number of hydrogen-bond acceptors (Lipinski definition) is 6. The van der Waals surface area contributed by atoms with Crippen molar-refractivity contribution in [2.45, 2.75) is 75.7 Å². The molecule has 3 fully saturated rings. The standard InChI is InChI=1S/C34H38ClF2N3O5S/c35-28-13-21(29(37)16-30(28)38-33(42)27-19-46-31-4-2-1-3-26(27)31)14-32(41)40-17-23(39-11-9-22(36)10-12-39)15-24(40)18-45-25-7-5-20(6-8-25)34(43)44/h1-4,13,16,19-20,22-25H,5-12,14-15,17-18H2,(H,38,42)(H,43,44)/t20-,23-,24-,25-/m0/s1. The second-order valence-electron chi connectivity index (χ2n) is 12.6. The number of carbonyl (C=O) groups is 3. The number of fused-ring (bicyclic) bond motifs is 1. The minimum absolute atomic E-state index is 0.0482. The molecule has 3 aromatic rings. The average Bonchev–Trinajstić information content (AvgIpc) is 3.68. The van der Waals surface area contributed by atoms with Gasteiger partial charge in [0.2, 0.25) is 5.91 Å². The Balaban J connectivity index is 1.12.